The van der Waals surface area contributed by atoms with E-state index in [-0.39, 0.29) is 23.8 Å². The summed E-state index contributed by atoms with van der Waals surface area (Å²) in [4.78, 5) is 16.3. The number of anilines is 1. The smallest absolute Gasteiger partial charge is 0.230 e. The molecule has 4 rings (SSSR count). The first-order chi connectivity index (χ1) is 14.1. The summed E-state index contributed by atoms with van der Waals surface area (Å²) < 4.78 is 27.4. The Morgan fingerprint density at radius 3 is 2.66 bits per heavy atom. The van der Waals surface area contributed by atoms with Crippen LogP contribution in [0.5, 0.6) is 0 Å². The van der Waals surface area contributed by atoms with Crippen molar-refractivity contribution >= 4 is 34.6 Å². The Bertz CT molecular complexity index is 1180. The van der Waals surface area contributed by atoms with Crippen LogP contribution in [0.2, 0.25) is 0 Å². The van der Waals surface area contributed by atoms with Crippen molar-refractivity contribution in [2.75, 3.05) is 5.32 Å². The van der Waals surface area contributed by atoms with Gasteiger partial charge in [-0.3, -0.25) is 14.9 Å². The Labute approximate surface area is 165 Å². The second-order valence-electron chi connectivity index (χ2n) is 6.42. The summed E-state index contributed by atoms with van der Waals surface area (Å²) in [7, 11) is 0. The van der Waals surface area contributed by atoms with Crippen LogP contribution in [0.25, 0.3) is 23.1 Å². The van der Waals surface area contributed by atoms with Crippen LogP contribution < -0.4 is 5.32 Å². The van der Waals surface area contributed by atoms with Crippen LogP contribution in [0, 0.1) is 11.6 Å². The Hall–Kier alpha value is -3.87. The van der Waals surface area contributed by atoms with Gasteiger partial charge in [0.2, 0.25) is 5.91 Å². The van der Waals surface area contributed by atoms with Gasteiger partial charge in [-0.05, 0) is 42.0 Å². The highest BCUT2D eigenvalue weighted by molar-refractivity contribution is 5.97. The lowest BCUT2D eigenvalue weighted by Gasteiger charge is -2.07. The van der Waals surface area contributed by atoms with Gasteiger partial charge >= 0.3 is 0 Å². The second-order valence-corrected chi connectivity index (χ2v) is 6.42. The maximum atomic E-state index is 14.4. The highest BCUT2D eigenvalue weighted by Gasteiger charge is 2.13. The predicted octanol–water partition coefficient (Wildman–Crippen LogP) is 4.59. The fourth-order valence-corrected chi connectivity index (χ4v) is 2.89. The topological polar surface area (TPSA) is 70.7 Å². The molecule has 0 aliphatic heterocycles. The Balaban J connectivity index is 1.57. The lowest BCUT2D eigenvalue weighted by atomic mass is 10.1. The van der Waals surface area contributed by atoms with E-state index < -0.39 is 5.82 Å². The first kappa shape index (κ1) is 18.5. The molecule has 0 radical (unpaired) electrons. The van der Waals surface area contributed by atoms with E-state index in [0.717, 1.165) is 5.56 Å². The quantitative estimate of drug-likeness (QED) is 0.524. The van der Waals surface area contributed by atoms with Crippen molar-refractivity contribution in [2.24, 2.45) is 0 Å². The molecule has 2 heterocycles. The molecular weight excluding hydrogens is 374 g/mol. The number of halogens is 2. The molecule has 5 nitrogen and oxygen atoms in total. The SMILES string of the molecule is O=C(Cc1ccccn1)Nc1cc2c(/C=C/c3ccc(F)cc3)n[nH]c2cc1F. The standard InChI is InChI=1S/C22H16F2N4O/c23-15-7-4-14(5-8-15)6-9-19-17-12-21(18(24)13-20(17)28-27-19)26-22(29)11-16-3-1-2-10-25-16/h1-10,12-13H,11H2,(H,26,29)(H,27,28)/b9-6+. The number of hydrogen-bond acceptors (Lipinski definition) is 3. The summed E-state index contributed by atoms with van der Waals surface area (Å²) >= 11 is 0. The minimum absolute atomic E-state index is 0.0427. The number of carbonyl (C=O) groups excluding carboxylic acids is 1. The van der Waals surface area contributed by atoms with E-state index in [0.29, 0.717) is 22.3 Å². The van der Waals surface area contributed by atoms with Gasteiger partial charge in [0.15, 0.2) is 0 Å². The van der Waals surface area contributed by atoms with Crippen molar-refractivity contribution in [3.8, 4) is 0 Å². The first-order valence-electron chi connectivity index (χ1n) is 8.89. The summed E-state index contributed by atoms with van der Waals surface area (Å²) in [6, 6.07) is 14.1. The summed E-state index contributed by atoms with van der Waals surface area (Å²) in [5.41, 5.74) is 2.54. The fourth-order valence-electron chi connectivity index (χ4n) is 2.89. The van der Waals surface area contributed by atoms with E-state index in [1.807, 2.05) is 0 Å². The number of aromatic amines is 1. The first-order valence-corrected chi connectivity index (χ1v) is 8.89. The van der Waals surface area contributed by atoms with Gasteiger partial charge in [0.25, 0.3) is 0 Å². The van der Waals surface area contributed by atoms with Crippen LogP contribution in [0.1, 0.15) is 17.0 Å². The molecule has 0 fully saturated rings. The van der Waals surface area contributed by atoms with Crippen molar-refractivity contribution in [2.45, 2.75) is 6.42 Å². The highest BCUT2D eigenvalue weighted by atomic mass is 19.1. The monoisotopic (exact) mass is 390 g/mol. The van der Waals surface area contributed by atoms with E-state index in [9.17, 15) is 13.6 Å². The number of benzene rings is 2. The molecule has 0 unspecified atom stereocenters. The lowest BCUT2D eigenvalue weighted by molar-refractivity contribution is -0.115. The van der Waals surface area contributed by atoms with Crippen molar-refractivity contribution in [1.29, 1.82) is 0 Å². The number of hydrogen-bond donors (Lipinski definition) is 2. The molecule has 0 bridgehead atoms. The minimum Gasteiger partial charge on any atom is -0.323 e. The summed E-state index contributed by atoms with van der Waals surface area (Å²) in [6.07, 6.45) is 5.16. The molecule has 7 heteroatoms. The molecular formula is C22H16F2N4O. The zero-order chi connectivity index (χ0) is 20.2. The van der Waals surface area contributed by atoms with E-state index in [1.165, 1.54) is 24.3 Å². The van der Waals surface area contributed by atoms with Gasteiger partial charge in [-0.2, -0.15) is 5.10 Å². The number of nitrogens with zero attached hydrogens (tertiary/aromatic N) is 2. The molecule has 0 aliphatic rings. The minimum atomic E-state index is -0.565. The number of aromatic nitrogens is 3. The average molecular weight is 390 g/mol. The van der Waals surface area contributed by atoms with Gasteiger partial charge in [0.05, 0.1) is 23.3 Å². The van der Waals surface area contributed by atoms with Gasteiger partial charge in [-0.1, -0.05) is 24.3 Å². The molecule has 0 saturated heterocycles. The molecule has 0 aliphatic carbocycles. The number of amides is 1. The normalized spacial score (nSPS) is 11.2. The molecule has 2 aromatic carbocycles. The third-order valence-electron chi connectivity index (χ3n) is 4.33. The molecule has 4 aromatic rings. The van der Waals surface area contributed by atoms with Gasteiger partial charge in [0, 0.05) is 23.3 Å². The number of H-pyrrole nitrogens is 1. The predicted molar refractivity (Wildman–Crippen MR) is 108 cm³/mol. The van der Waals surface area contributed by atoms with E-state index in [1.54, 1.807) is 48.7 Å². The fraction of sp³-hybridized carbons (Fsp3) is 0.0455. The highest BCUT2D eigenvalue weighted by Crippen LogP contribution is 2.25. The average Bonchev–Trinajstić information content (AvgIpc) is 3.10. The maximum Gasteiger partial charge on any atom is 0.230 e. The lowest BCUT2D eigenvalue weighted by Crippen LogP contribution is -2.16. The number of rotatable bonds is 5. The van der Waals surface area contributed by atoms with Crippen molar-refractivity contribution in [1.82, 2.24) is 15.2 Å². The van der Waals surface area contributed by atoms with E-state index >= 15 is 0 Å². The second kappa shape index (κ2) is 8.02. The molecule has 0 spiro atoms. The molecule has 29 heavy (non-hydrogen) atoms. The molecule has 2 N–H and O–H groups in total. The molecule has 0 saturated carbocycles. The number of carbonyl (C=O) groups is 1. The van der Waals surface area contributed by atoms with Crippen LogP contribution in [0.4, 0.5) is 14.5 Å². The van der Waals surface area contributed by atoms with Crippen LogP contribution in [0.15, 0.2) is 60.8 Å². The molecule has 144 valence electrons. The van der Waals surface area contributed by atoms with Crippen molar-refractivity contribution in [3.63, 3.8) is 0 Å². The molecule has 1 amide bonds. The van der Waals surface area contributed by atoms with Crippen LogP contribution >= 0.6 is 0 Å². The molecule has 2 aromatic heterocycles. The van der Waals surface area contributed by atoms with Crippen LogP contribution in [-0.4, -0.2) is 21.1 Å². The number of pyridine rings is 1. The Morgan fingerprint density at radius 1 is 1.07 bits per heavy atom. The third-order valence-corrected chi connectivity index (χ3v) is 4.33. The summed E-state index contributed by atoms with van der Waals surface area (Å²) in [5.74, 6) is -1.24. The Kier molecular flexibility index (Phi) is 5.11. The largest absolute Gasteiger partial charge is 0.323 e. The van der Waals surface area contributed by atoms with Gasteiger partial charge < -0.3 is 5.32 Å². The zero-order valence-corrected chi connectivity index (χ0v) is 15.2. The maximum absolute atomic E-state index is 14.4. The van der Waals surface area contributed by atoms with Crippen LogP contribution in [-0.2, 0) is 11.2 Å². The number of nitrogens with one attached hydrogen (secondary N) is 2. The van der Waals surface area contributed by atoms with E-state index in [2.05, 4.69) is 20.5 Å². The van der Waals surface area contributed by atoms with Gasteiger partial charge in [0.1, 0.15) is 11.6 Å². The summed E-state index contributed by atoms with van der Waals surface area (Å²) in [5, 5.41) is 10.2. The van der Waals surface area contributed by atoms with Crippen molar-refractivity contribution in [3.05, 3.63) is 89.4 Å². The van der Waals surface area contributed by atoms with Crippen molar-refractivity contribution < 1.29 is 13.6 Å². The number of fused-ring (bicyclic) bond motifs is 1. The van der Waals surface area contributed by atoms with Gasteiger partial charge in [-0.25, -0.2) is 8.78 Å². The third kappa shape index (κ3) is 4.35. The van der Waals surface area contributed by atoms with Gasteiger partial charge in [-0.15, -0.1) is 0 Å². The molecule has 0 atom stereocenters. The summed E-state index contributed by atoms with van der Waals surface area (Å²) in [6.45, 7) is 0. The van der Waals surface area contributed by atoms with Crippen LogP contribution in [0.3, 0.4) is 0 Å². The van der Waals surface area contributed by atoms with E-state index in [4.69, 9.17) is 0 Å². The zero-order valence-electron chi connectivity index (χ0n) is 15.2. The Morgan fingerprint density at radius 2 is 1.90 bits per heavy atom.